The molecule has 0 saturated carbocycles. The first kappa shape index (κ1) is 16.3. The Balaban J connectivity index is 1.90. The monoisotopic (exact) mass is 347 g/mol. The molecule has 0 bridgehead atoms. The Kier molecular flexibility index (Phi) is 4.17. The third-order valence-electron chi connectivity index (χ3n) is 4.78. The van der Waals surface area contributed by atoms with E-state index in [0.29, 0.717) is 0 Å². The third-order valence-corrected chi connectivity index (χ3v) is 4.78. The molecule has 0 unspecified atom stereocenters. The molecule has 0 atom stereocenters. The summed E-state index contributed by atoms with van der Waals surface area (Å²) in [6.07, 6.45) is 0. The van der Waals surface area contributed by atoms with Crippen molar-refractivity contribution in [3.63, 3.8) is 0 Å². The van der Waals surface area contributed by atoms with Gasteiger partial charge in [-0.1, -0.05) is 12.1 Å². The lowest BCUT2D eigenvalue weighted by atomic mass is 10.1. The van der Waals surface area contributed by atoms with Crippen LogP contribution in [0.15, 0.2) is 60.7 Å². The van der Waals surface area contributed by atoms with Crippen LogP contribution < -0.4 is 14.2 Å². The van der Waals surface area contributed by atoms with Gasteiger partial charge in [0.2, 0.25) is 0 Å². The van der Waals surface area contributed by atoms with Crippen LogP contribution in [-0.2, 0) is 6.54 Å². The first-order valence-electron chi connectivity index (χ1n) is 8.50. The molecule has 0 saturated heterocycles. The Hall–Kier alpha value is -3.14. The van der Waals surface area contributed by atoms with Crippen LogP contribution in [0.2, 0.25) is 0 Å². The molecule has 1 heterocycles. The van der Waals surface area contributed by atoms with E-state index in [2.05, 4.69) is 41.0 Å². The van der Waals surface area contributed by atoms with Gasteiger partial charge in [-0.15, -0.1) is 0 Å². The number of nitrogens with zero attached hydrogens (tertiary/aromatic N) is 1. The number of benzene rings is 3. The fourth-order valence-electron chi connectivity index (χ4n) is 3.40. The van der Waals surface area contributed by atoms with Gasteiger partial charge < -0.3 is 18.8 Å². The smallest absolute Gasteiger partial charge is 0.119 e. The number of ether oxygens (including phenoxy) is 3. The number of fused-ring (bicyclic) bond motifs is 3. The van der Waals surface area contributed by atoms with Crippen molar-refractivity contribution in [3.05, 3.63) is 66.2 Å². The van der Waals surface area contributed by atoms with E-state index >= 15 is 0 Å². The second kappa shape index (κ2) is 6.64. The van der Waals surface area contributed by atoms with Crippen molar-refractivity contribution in [2.45, 2.75) is 6.54 Å². The van der Waals surface area contributed by atoms with Gasteiger partial charge in [-0.2, -0.15) is 0 Å². The number of methoxy groups -OCH3 is 3. The fourth-order valence-corrected chi connectivity index (χ4v) is 3.40. The first-order chi connectivity index (χ1) is 12.7. The zero-order valence-electron chi connectivity index (χ0n) is 15.2. The van der Waals surface area contributed by atoms with Crippen LogP contribution in [0.4, 0.5) is 0 Å². The van der Waals surface area contributed by atoms with Crippen molar-refractivity contribution in [3.8, 4) is 17.2 Å². The molecule has 132 valence electrons. The van der Waals surface area contributed by atoms with Gasteiger partial charge in [-0.3, -0.25) is 0 Å². The third kappa shape index (κ3) is 2.73. The average molecular weight is 347 g/mol. The number of aromatic nitrogens is 1. The van der Waals surface area contributed by atoms with E-state index in [1.54, 1.807) is 21.3 Å². The van der Waals surface area contributed by atoms with Gasteiger partial charge in [0.1, 0.15) is 17.2 Å². The lowest BCUT2D eigenvalue weighted by molar-refractivity contribution is 0.414. The zero-order valence-corrected chi connectivity index (χ0v) is 15.2. The molecule has 1 aromatic heterocycles. The van der Waals surface area contributed by atoms with Crippen LogP contribution in [0.1, 0.15) is 5.56 Å². The predicted octanol–water partition coefficient (Wildman–Crippen LogP) is 4.87. The summed E-state index contributed by atoms with van der Waals surface area (Å²) in [5, 5.41) is 2.32. The molecule has 0 spiro atoms. The largest absolute Gasteiger partial charge is 0.497 e. The molecule has 0 aliphatic carbocycles. The molecule has 0 aliphatic rings. The van der Waals surface area contributed by atoms with Crippen molar-refractivity contribution >= 4 is 21.8 Å². The molecule has 0 radical (unpaired) electrons. The zero-order chi connectivity index (χ0) is 18.1. The quantitative estimate of drug-likeness (QED) is 0.516. The van der Waals surface area contributed by atoms with Gasteiger partial charge >= 0.3 is 0 Å². The summed E-state index contributed by atoms with van der Waals surface area (Å²) in [6.45, 7) is 0.780. The molecule has 4 rings (SSSR count). The molecular formula is C22H21NO3. The van der Waals surface area contributed by atoms with E-state index in [0.717, 1.165) is 34.6 Å². The SMILES string of the molecule is COc1ccc(Cn2c3ccc(OC)cc3c3cc(OC)ccc32)cc1. The topological polar surface area (TPSA) is 32.6 Å². The summed E-state index contributed by atoms with van der Waals surface area (Å²) < 4.78 is 18.4. The van der Waals surface area contributed by atoms with Crippen LogP contribution in [0, 0.1) is 0 Å². The van der Waals surface area contributed by atoms with E-state index < -0.39 is 0 Å². The lowest BCUT2D eigenvalue weighted by Crippen LogP contribution is -1.99. The summed E-state index contributed by atoms with van der Waals surface area (Å²) in [7, 11) is 5.07. The molecule has 26 heavy (non-hydrogen) atoms. The fraction of sp³-hybridized carbons (Fsp3) is 0.182. The van der Waals surface area contributed by atoms with Gasteiger partial charge in [-0.25, -0.2) is 0 Å². The minimum atomic E-state index is 0.780. The van der Waals surface area contributed by atoms with Crippen LogP contribution >= 0.6 is 0 Å². The predicted molar refractivity (Wildman–Crippen MR) is 105 cm³/mol. The minimum absolute atomic E-state index is 0.780. The maximum Gasteiger partial charge on any atom is 0.119 e. The molecule has 4 aromatic rings. The van der Waals surface area contributed by atoms with E-state index in [4.69, 9.17) is 14.2 Å². The van der Waals surface area contributed by atoms with Crippen LogP contribution in [-0.4, -0.2) is 25.9 Å². The number of hydrogen-bond donors (Lipinski definition) is 0. The van der Waals surface area contributed by atoms with Crippen molar-refractivity contribution in [1.82, 2.24) is 4.57 Å². The summed E-state index contributed by atoms with van der Waals surface area (Å²) in [4.78, 5) is 0. The molecule has 0 N–H and O–H groups in total. The normalized spacial score (nSPS) is 11.0. The number of rotatable bonds is 5. The van der Waals surface area contributed by atoms with Gasteiger partial charge in [0.05, 0.1) is 21.3 Å². The second-order valence-corrected chi connectivity index (χ2v) is 6.20. The molecular weight excluding hydrogens is 326 g/mol. The van der Waals surface area contributed by atoms with Crippen molar-refractivity contribution in [2.75, 3.05) is 21.3 Å². The van der Waals surface area contributed by atoms with Crippen LogP contribution in [0.25, 0.3) is 21.8 Å². The Labute approximate surface area is 152 Å². The molecule has 0 fully saturated rings. The van der Waals surface area contributed by atoms with E-state index in [1.807, 2.05) is 24.3 Å². The first-order valence-corrected chi connectivity index (χ1v) is 8.50. The lowest BCUT2D eigenvalue weighted by Gasteiger charge is -2.09. The van der Waals surface area contributed by atoms with Gasteiger partial charge in [0, 0.05) is 28.4 Å². The Morgan fingerprint density at radius 2 is 1.08 bits per heavy atom. The van der Waals surface area contributed by atoms with Gasteiger partial charge in [-0.05, 0) is 54.1 Å². The molecule has 4 heteroatoms. The molecule has 0 aliphatic heterocycles. The molecule has 4 nitrogen and oxygen atoms in total. The van der Waals surface area contributed by atoms with Gasteiger partial charge in [0.15, 0.2) is 0 Å². The Bertz CT molecular complexity index is 1000. The Morgan fingerprint density at radius 3 is 1.54 bits per heavy atom. The molecule has 3 aromatic carbocycles. The van der Waals surface area contributed by atoms with E-state index in [9.17, 15) is 0 Å². The van der Waals surface area contributed by atoms with Crippen LogP contribution in [0.3, 0.4) is 0 Å². The Morgan fingerprint density at radius 1 is 0.615 bits per heavy atom. The standard InChI is InChI=1S/C22H21NO3/c1-24-16-6-4-15(5-7-16)14-23-21-10-8-17(25-2)12-19(21)20-13-18(26-3)9-11-22(20)23/h4-13H,14H2,1-3H3. The maximum absolute atomic E-state index is 5.43. The second-order valence-electron chi connectivity index (χ2n) is 6.20. The average Bonchev–Trinajstić information content (AvgIpc) is 3.00. The highest BCUT2D eigenvalue weighted by Crippen LogP contribution is 2.34. The van der Waals surface area contributed by atoms with Crippen molar-refractivity contribution in [1.29, 1.82) is 0 Å². The highest BCUT2D eigenvalue weighted by molar-refractivity contribution is 6.09. The number of hydrogen-bond acceptors (Lipinski definition) is 3. The maximum atomic E-state index is 5.43. The van der Waals surface area contributed by atoms with E-state index in [1.165, 1.54) is 16.6 Å². The highest BCUT2D eigenvalue weighted by atomic mass is 16.5. The van der Waals surface area contributed by atoms with Crippen LogP contribution in [0.5, 0.6) is 17.2 Å². The summed E-state index contributed by atoms with van der Waals surface area (Å²) in [6, 6.07) is 20.6. The highest BCUT2D eigenvalue weighted by Gasteiger charge is 2.13. The minimum Gasteiger partial charge on any atom is -0.497 e. The summed E-state index contributed by atoms with van der Waals surface area (Å²) in [5.41, 5.74) is 3.56. The van der Waals surface area contributed by atoms with Crippen molar-refractivity contribution in [2.24, 2.45) is 0 Å². The van der Waals surface area contributed by atoms with Gasteiger partial charge in [0.25, 0.3) is 0 Å². The molecule has 0 amide bonds. The van der Waals surface area contributed by atoms with E-state index in [-0.39, 0.29) is 0 Å². The van der Waals surface area contributed by atoms with Crippen molar-refractivity contribution < 1.29 is 14.2 Å². The summed E-state index contributed by atoms with van der Waals surface area (Å²) in [5.74, 6) is 2.57. The summed E-state index contributed by atoms with van der Waals surface area (Å²) >= 11 is 0.